The summed E-state index contributed by atoms with van der Waals surface area (Å²) in [4.78, 5) is 10.4. The van der Waals surface area contributed by atoms with E-state index in [9.17, 15) is 4.79 Å². The van der Waals surface area contributed by atoms with E-state index in [4.69, 9.17) is 5.73 Å². The predicted molar refractivity (Wildman–Crippen MR) is 41.0 cm³/mol. The largest absolute Gasteiger partial charge is 0.369 e. The van der Waals surface area contributed by atoms with Crippen molar-refractivity contribution in [2.24, 2.45) is 17.6 Å². The Morgan fingerprint density at radius 1 is 1.30 bits per heavy atom. The number of amides is 1. The zero-order valence-corrected chi connectivity index (χ0v) is 6.64. The van der Waals surface area contributed by atoms with Gasteiger partial charge in [-0.2, -0.15) is 0 Å². The average molecular weight is 139 g/mol. The fraction of sp³-hybridized carbons (Fsp3) is 0.625. The van der Waals surface area contributed by atoms with Crippen LogP contribution in [-0.2, 0) is 4.79 Å². The Balaban J connectivity index is 3.92. The Morgan fingerprint density at radius 3 is 2.10 bits per heavy atom. The molecular formula is C8H13NO. The molecule has 0 aromatic carbocycles. The number of hydrogen-bond acceptors (Lipinski definition) is 1. The first-order valence-corrected chi connectivity index (χ1v) is 3.34. The summed E-state index contributed by atoms with van der Waals surface area (Å²) in [6, 6.07) is 0. The molecule has 2 nitrogen and oxygen atoms in total. The normalized spacial score (nSPS) is 12.0. The van der Waals surface area contributed by atoms with E-state index in [0.29, 0.717) is 5.92 Å². The molecule has 0 bridgehead atoms. The van der Waals surface area contributed by atoms with Crippen LogP contribution in [0.1, 0.15) is 20.8 Å². The van der Waals surface area contributed by atoms with Gasteiger partial charge in [0.05, 0.1) is 5.92 Å². The van der Waals surface area contributed by atoms with Gasteiger partial charge in [0.2, 0.25) is 5.91 Å². The quantitative estimate of drug-likeness (QED) is 0.536. The summed E-state index contributed by atoms with van der Waals surface area (Å²) in [5, 5.41) is 0. The number of rotatable bonds is 1. The first kappa shape index (κ1) is 9.03. The molecule has 0 aromatic rings. The van der Waals surface area contributed by atoms with Crippen LogP contribution in [0.5, 0.6) is 0 Å². The van der Waals surface area contributed by atoms with E-state index < -0.39 is 0 Å². The second-order valence-electron chi connectivity index (χ2n) is 2.57. The van der Waals surface area contributed by atoms with Crippen molar-refractivity contribution in [1.82, 2.24) is 0 Å². The molecule has 10 heavy (non-hydrogen) atoms. The number of carbonyl (C=O) groups excluding carboxylic acids is 1. The third-order valence-corrected chi connectivity index (χ3v) is 1.02. The van der Waals surface area contributed by atoms with Crippen molar-refractivity contribution in [2.75, 3.05) is 0 Å². The lowest BCUT2D eigenvalue weighted by Gasteiger charge is -1.94. The zero-order chi connectivity index (χ0) is 8.15. The minimum atomic E-state index is -0.354. The van der Waals surface area contributed by atoms with E-state index in [1.807, 2.05) is 13.8 Å². The molecule has 1 atom stereocenters. The van der Waals surface area contributed by atoms with Crippen LogP contribution in [0.4, 0.5) is 0 Å². The highest BCUT2D eigenvalue weighted by Gasteiger charge is 2.02. The lowest BCUT2D eigenvalue weighted by atomic mass is 10.1. The molecule has 0 aromatic heterocycles. The molecule has 0 fully saturated rings. The van der Waals surface area contributed by atoms with Gasteiger partial charge in [-0.05, 0) is 6.92 Å². The Labute approximate surface area is 61.8 Å². The highest BCUT2D eigenvalue weighted by molar-refractivity contribution is 5.79. The SMILES string of the molecule is CC(C)C#C[C@H](C)C(N)=O. The van der Waals surface area contributed by atoms with Crippen molar-refractivity contribution in [1.29, 1.82) is 0 Å². The highest BCUT2D eigenvalue weighted by Crippen LogP contribution is 1.92. The van der Waals surface area contributed by atoms with Gasteiger partial charge in [-0.3, -0.25) is 4.79 Å². The molecule has 0 radical (unpaired) electrons. The van der Waals surface area contributed by atoms with Gasteiger partial charge in [-0.1, -0.05) is 25.7 Å². The second kappa shape index (κ2) is 3.94. The fourth-order valence-corrected chi connectivity index (χ4v) is 0.363. The van der Waals surface area contributed by atoms with Crippen LogP contribution in [0, 0.1) is 23.7 Å². The van der Waals surface area contributed by atoms with Gasteiger partial charge >= 0.3 is 0 Å². The zero-order valence-electron chi connectivity index (χ0n) is 6.64. The summed E-state index contributed by atoms with van der Waals surface area (Å²) in [6.45, 7) is 5.65. The van der Waals surface area contributed by atoms with Gasteiger partial charge < -0.3 is 5.73 Å². The molecule has 0 aliphatic rings. The van der Waals surface area contributed by atoms with Crippen molar-refractivity contribution in [3.63, 3.8) is 0 Å². The molecule has 2 N–H and O–H groups in total. The number of hydrogen-bond donors (Lipinski definition) is 1. The van der Waals surface area contributed by atoms with Crippen LogP contribution in [0.2, 0.25) is 0 Å². The summed E-state index contributed by atoms with van der Waals surface area (Å²) in [5.74, 6) is 5.27. The second-order valence-corrected chi connectivity index (χ2v) is 2.57. The molecule has 0 saturated carbocycles. The lowest BCUT2D eigenvalue weighted by molar-refractivity contribution is -0.119. The summed E-state index contributed by atoms with van der Waals surface area (Å²) >= 11 is 0. The maximum Gasteiger partial charge on any atom is 0.232 e. The van der Waals surface area contributed by atoms with Crippen molar-refractivity contribution < 1.29 is 4.79 Å². The van der Waals surface area contributed by atoms with Gasteiger partial charge in [0.1, 0.15) is 0 Å². The standard InChI is InChI=1S/C8H13NO/c1-6(2)4-5-7(3)8(9)10/h6-7H,1-3H3,(H2,9,10)/t7-/m0/s1. The maximum atomic E-state index is 10.4. The van der Waals surface area contributed by atoms with Gasteiger partial charge in [0.15, 0.2) is 0 Å². The van der Waals surface area contributed by atoms with Crippen LogP contribution in [0.3, 0.4) is 0 Å². The smallest absolute Gasteiger partial charge is 0.232 e. The van der Waals surface area contributed by atoms with Gasteiger partial charge in [0, 0.05) is 5.92 Å². The molecule has 0 heterocycles. The minimum Gasteiger partial charge on any atom is -0.369 e. The predicted octanol–water partition coefficient (Wildman–Crippen LogP) is 0.767. The molecule has 56 valence electrons. The van der Waals surface area contributed by atoms with E-state index in [1.54, 1.807) is 6.92 Å². The number of primary amides is 1. The lowest BCUT2D eigenvalue weighted by Crippen LogP contribution is -2.18. The van der Waals surface area contributed by atoms with Crippen LogP contribution < -0.4 is 5.73 Å². The van der Waals surface area contributed by atoms with E-state index >= 15 is 0 Å². The Bertz CT molecular complexity index is 173. The topological polar surface area (TPSA) is 43.1 Å². The summed E-state index contributed by atoms with van der Waals surface area (Å²) < 4.78 is 0. The highest BCUT2D eigenvalue weighted by atomic mass is 16.1. The van der Waals surface area contributed by atoms with E-state index in [-0.39, 0.29) is 11.8 Å². The maximum absolute atomic E-state index is 10.4. The van der Waals surface area contributed by atoms with Gasteiger partial charge in [-0.15, -0.1) is 0 Å². The van der Waals surface area contributed by atoms with E-state index in [2.05, 4.69) is 11.8 Å². The van der Waals surface area contributed by atoms with Crippen LogP contribution in [0.25, 0.3) is 0 Å². The molecule has 0 aliphatic heterocycles. The van der Waals surface area contributed by atoms with Crippen LogP contribution in [-0.4, -0.2) is 5.91 Å². The van der Waals surface area contributed by atoms with Crippen molar-refractivity contribution in [3.8, 4) is 11.8 Å². The molecule has 0 rings (SSSR count). The van der Waals surface area contributed by atoms with Gasteiger partial charge in [0.25, 0.3) is 0 Å². The Morgan fingerprint density at radius 2 is 1.80 bits per heavy atom. The Hall–Kier alpha value is -0.970. The number of nitrogens with two attached hydrogens (primary N) is 1. The van der Waals surface area contributed by atoms with Crippen LogP contribution in [0.15, 0.2) is 0 Å². The summed E-state index contributed by atoms with van der Waals surface area (Å²) in [7, 11) is 0. The molecule has 1 amide bonds. The Kier molecular flexibility index (Phi) is 3.56. The molecule has 0 spiro atoms. The van der Waals surface area contributed by atoms with Crippen molar-refractivity contribution in [2.45, 2.75) is 20.8 Å². The minimum absolute atomic E-state index is 0.307. The molecule has 2 heteroatoms. The fourth-order valence-electron chi connectivity index (χ4n) is 0.363. The molecule has 0 saturated heterocycles. The van der Waals surface area contributed by atoms with Crippen molar-refractivity contribution in [3.05, 3.63) is 0 Å². The molecule has 0 unspecified atom stereocenters. The first-order valence-electron chi connectivity index (χ1n) is 3.34. The van der Waals surface area contributed by atoms with Crippen LogP contribution >= 0.6 is 0 Å². The average Bonchev–Trinajstić information content (AvgIpc) is 1.82. The van der Waals surface area contributed by atoms with Crippen molar-refractivity contribution >= 4 is 5.91 Å². The van der Waals surface area contributed by atoms with E-state index in [0.717, 1.165) is 0 Å². The number of carbonyl (C=O) groups is 1. The van der Waals surface area contributed by atoms with Gasteiger partial charge in [-0.25, -0.2) is 0 Å². The monoisotopic (exact) mass is 139 g/mol. The summed E-state index contributed by atoms with van der Waals surface area (Å²) in [6.07, 6.45) is 0. The first-order chi connectivity index (χ1) is 4.54. The molecular weight excluding hydrogens is 126 g/mol. The third kappa shape index (κ3) is 3.96. The molecule has 0 aliphatic carbocycles. The third-order valence-electron chi connectivity index (χ3n) is 1.02. The summed E-state index contributed by atoms with van der Waals surface area (Å²) in [5.41, 5.74) is 4.98. The van der Waals surface area contributed by atoms with E-state index in [1.165, 1.54) is 0 Å².